The number of nitrogens with zero attached hydrogens (tertiary/aromatic N) is 1. The first-order valence-electron chi connectivity index (χ1n) is 11.4. The van der Waals surface area contributed by atoms with Gasteiger partial charge in [0, 0.05) is 23.4 Å². The van der Waals surface area contributed by atoms with Gasteiger partial charge >= 0.3 is 0 Å². The highest BCUT2D eigenvalue weighted by Gasteiger charge is 2.48. The molecule has 0 saturated carbocycles. The van der Waals surface area contributed by atoms with Crippen molar-refractivity contribution in [3.63, 3.8) is 0 Å². The van der Waals surface area contributed by atoms with Crippen LogP contribution in [-0.4, -0.2) is 34.8 Å². The van der Waals surface area contributed by atoms with Gasteiger partial charge in [-0.1, -0.05) is 66.9 Å². The van der Waals surface area contributed by atoms with E-state index in [9.17, 15) is 14.4 Å². The topological polar surface area (TPSA) is 87.7 Å². The van der Waals surface area contributed by atoms with Crippen LogP contribution in [0.2, 0.25) is 10.0 Å². The fourth-order valence-corrected chi connectivity index (χ4v) is 4.58. The maximum Gasteiger partial charge on any atom is 0.261 e. The van der Waals surface area contributed by atoms with E-state index >= 15 is 0 Å². The third-order valence-corrected chi connectivity index (χ3v) is 6.25. The molecule has 3 rings (SSSR count). The molecule has 1 aliphatic rings. The Morgan fingerprint density at radius 1 is 1.11 bits per heavy atom. The number of nitrogens with one attached hydrogen (secondary N) is 2. The van der Waals surface area contributed by atoms with E-state index in [2.05, 4.69) is 17.4 Å². The summed E-state index contributed by atoms with van der Waals surface area (Å²) in [5, 5.41) is 1.07. The van der Waals surface area contributed by atoms with E-state index in [1.165, 1.54) is 6.92 Å². The monoisotopic (exact) mass is 517 g/mol. The molecule has 0 aromatic heterocycles. The number of hydrogen-bond donors (Lipinski definition) is 2. The normalized spacial score (nSPS) is 20.7. The summed E-state index contributed by atoms with van der Waals surface area (Å²) in [4.78, 5) is 40.1. The van der Waals surface area contributed by atoms with E-state index in [0.29, 0.717) is 22.9 Å². The summed E-state index contributed by atoms with van der Waals surface area (Å²) in [7, 11) is 0. The van der Waals surface area contributed by atoms with Crippen LogP contribution in [0.1, 0.15) is 56.4 Å². The molecule has 0 aliphatic carbocycles. The van der Waals surface area contributed by atoms with Crippen LogP contribution in [0, 0.1) is 0 Å². The molecule has 1 fully saturated rings. The van der Waals surface area contributed by atoms with Crippen molar-refractivity contribution in [1.29, 1.82) is 0 Å². The summed E-state index contributed by atoms with van der Waals surface area (Å²) in [6.45, 7) is 6.98. The second-order valence-corrected chi connectivity index (χ2v) is 9.21. The van der Waals surface area contributed by atoms with Gasteiger partial charge in [-0.2, -0.15) is 0 Å². The van der Waals surface area contributed by atoms with Crippen molar-refractivity contribution in [3.05, 3.63) is 82.4 Å². The standard InChI is InChI=1S/C26H29Cl2N3O4/c1-4-7-21(25(33)30-29-16(3)32)31-23(17-11-13-19(27)14-12-17)24(18-9-6-10-20(28)15-18)35-22(8-5-2)26(31)34/h5-6,9-15,21-24H,2,4,7-8H2,1,3H3,(H,29,32)(H,30,33)/t21-,22-,23+,24-/m0/s1. The highest BCUT2D eigenvalue weighted by Crippen LogP contribution is 2.44. The molecule has 3 amide bonds. The lowest BCUT2D eigenvalue weighted by molar-refractivity contribution is -0.181. The lowest BCUT2D eigenvalue weighted by Gasteiger charge is -2.47. The number of hydrogen-bond acceptors (Lipinski definition) is 4. The lowest BCUT2D eigenvalue weighted by Crippen LogP contribution is -2.60. The number of rotatable bonds is 8. The van der Waals surface area contributed by atoms with Crippen LogP contribution >= 0.6 is 23.2 Å². The van der Waals surface area contributed by atoms with Gasteiger partial charge in [-0.25, -0.2) is 0 Å². The molecule has 0 bridgehead atoms. The van der Waals surface area contributed by atoms with Gasteiger partial charge in [0.05, 0.1) is 6.04 Å². The number of benzene rings is 2. The highest BCUT2D eigenvalue weighted by atomic mass is 35.5. The summed E-state index contributed by atoms with van der Waals surface area (Å²) < 4.78 is 6.36. The molecule has 4 atom stereocenters. The molecule has 0 radical (unpaired) electrons. The molecular weight excluding hydrogens is 489 g/mol. The molecule has 186 valence electrons. The Hall–Kier alpha value is -2.87. The van der Waals surface area contributed by atoms with Crippen LogP contribution in [0.5, 0.6) is 0 Å². The maximum absolute atomic E-state index is 13.8. The van der Waals surface area contributed by atoms with Gasteiger partial charge < -0.3 is 9.64 Å². The number of morpholine rings is 1. The Labute approximate surface area is 215 Å². The summed E-state index contributed by atoms with van der Waals surface area (Å²) in [5.41, 5.74) is 6.28. The van der Waals surface area contributed by atoms with Crippen LogP contribution in [0.15, 0.2) is 61.2 Å². The van der Waals surface area contributed by atoms with E-state index in [1.54, 1.807) is 35.2 Å². The number of ether oxygens (including phenoxy) is 1. The first-order valence-corrected chi connectivity index (χ1v) is 12.2. The summed E-state index contributed by atoms with van der Waals surface area (Å²) in [6.07, 6.45) is 1.43. The number of carbonyl (C=O) groups is 3. The second-order valence-electron chi connectivity index (χ2n) is 8.34. The Morgan fingerprint density at radius 2 is 1.83 bits per heavy atom. The lowest BCUT2D eigenvalue weighted by atomic mass is 9.89. The molecule has 0 unspecified atom stereocenters. The number of carbonyl (C=O) groups excluding carboxylic acids is 3. The average molecular weight is 518 g/mol. The fraction of sp³-hybridized carbons (Fsp3) is 0.346. The molecule has 35 heavy (non-hydrogen) atoms. The number of halogens is 2. The molecule has 1 heterocycles. The molecule has 0 spiro atoms. The van der Waals surface area contributed by atoms with Crippen molar-refractivity contribution in [1.82, 2.24) is 15.8 Å². The van der Waals surface area contributed by atoms with Crippen LogP contribution in [0.3, 0.4) is 0 Å². The van der Waals surface area contributed by atoms with Gasteiger partial charge in [-0.3, -0.25) is 25.2 Å². The predicted molar refractivity (Wildman–Crippen MR) is 136 cm³/mol. The molecule has 9 heteroatoms. The minimum Gasteiger partial charge on any atom is -0.358 e. The first kappa shape index (κ1) is 26.7. The SMILES string of the molecule is C=CC[C@@H]1O[C@@H](c2cccc(Cl)c2)[C@@H](c2ccc(Cl)cc2)N([C@@H](CCC)C(=O)NNC(C)=O)C1=O. The van der Waals surface area contributed by atoms with Gasteiger partial charge in [0.15, 0.2) is 0 Å². The summed E-state index contributed by atoms with van der Waals surface area (Å²) >= 11 is 12.4. The van der Waals surface area contributed by atoms with Gasteiger partial charge in [-0.15, -0.1) is 6.58 Å². The van der Waals surface area contributed by atoms with Crippen molar-refractivity contribution in [3.8, 4) is 0 Å². The minimum absolute atomic E-state index is 0.270. The van der Waals surface area contributed by atoms with E-state index in [4.69, 9.17) is 27.9 Å². The van der Waals surface area contributed by atoms with Crippen molar-refractivity contribution in [2.45, 2.75) is 57.4 Å². The van der Waals surface area contributed by atoms with Crippen molar-refractivity contribution >= 4 is 40.9 Å². The van der Waals surface area contributed by atoms with Crippen LogP contribution in [-0.2, 0) is 19.1 Å². The second kappa shape index (κ2) is 12.2. The zero-order chi connectivity index (χ0) is 25.5. The number of hydrazine groups is 1. The summed E-state index contributed by atoms with van der Waals surface area (Å²) in [5.74, 6) is -1.24. The van der Waals surface area contributed by atoms with E-state index < -0.39 is 36.1 Å². The largest absolute Gasteiger partial charge is 0.358 e. The van der Waals surface area contributed by atoms with Crippen molar-refractivity contribution in [2.75, 3.05) is 0 Å². The third kappa shape index (κ3) is 6.42. The van der Waals surface area contributed by atoms with Gasteiger partial charge in [0.1, 0.15) is 18.2 Å². The Bertz CT molecular complexity index is 1080. The van der Waals surface area contributed by atoms with Crippen LogP contribution in [0.25, 0.3) is 0 Å². The Kier molecular flexibility index (Phi) is 9.32. The molecule has 2 N–H and O–H groups in total. The van der Waals surface area contributed by atoms with Crippen molar-refractivity contribution in [2.24, 2.45) is 0 Å². The van der Waals surface area contributed by atoms with Crippen LogP contribution in [0.4, 0.5) is 0 Å². The molecule has 1 aliphatic heterocycles. The van der Waals surface area contributed by atoms with Crippen molar-refractivity contribution < 1.29 is 19.1 Å². The summed E-state index contributed by atoms with van der Waals surface area (Å²) in [6, 6.07) is 12.8. The molecule has 7 nitrogen and oxygen atoms in total. The third-order valence-electron chi connectivity index (χ3n) is 5.76. The van der Waals surface area contributed by atoms with E-state index in [-0.39, 0.29) is 12.3 Å². The minimum atomic E-state index is -0.863. The quantitative estimate of drug-likeness (QED) is 0.384. The maximum atomic E-state index is 13.8. The zero-order valence-electron chi connectivity index (χ0n) is 19.7. The van der Waals surface area contributed by atoms with Gasteiger partial charge in [0.2, 0.25) is 5.91 Å². The Morgan fingerprint density at radius 3 is 2.43 bits per heavy atom. The molecule has 2 aromatic rings. The first-order chi connectivity index (χ1) is 16.8. The van der Waals surface area contributed by atoms with Gasteiger partial charge in [0.25, 0.3) is 11.8 Å². The molecule has 2 aromatic carbocycles. The highest BCUT2D eigenvalue weighted by molar-refractivity contribution is 6.30. The van der Waals surface area contributed by atoms with E-state index in [0.717, 1.165) is 11.1 Å². The smallest absolute Gasteiger partial charge is 0.261 e. The zero-order valence-corrected chi connectivity index (χ0v) is 21.2. The number of amides is 3. The fourth-order valence-electron chi connectivity index (χ4n) is 4.26. The average Bonchev–Trinajstić information content (AvgIpc) is 2.83. The molecule has 1 saturated heterocycles. The van der Waals surface area contributed by atoms with Crippen LogP contribution < -0.4 is 10.9 Å². The van der Waals surface area contributed by atoms with E-state index in [1.807, 2.05) is 31.2 Å². The van der Waals surface area contributed by atoms with Gasteiger partial charge in [-0.05, 0) is 41.8 Å². The molecular formula is C26H29Cl2N3O4. The predicted octanol–water partition coefficient (Wildman–Crippen LogP) is 4.92. The Balaban J connectivity index is 2.17.